The number of rotatable bonds is 10. The molecule has 0 spiro atoms. The Morgan fingerprint density at radius 2 is 0.686 bits per heavy atom. The predicted molar refractivity (Wildman–Crippen MR) is 130 cm³/mol. The first kappa shape index (κ1) is 39.6. The summed E-state index contributed by atoms with van der Waals surface area (Å²) in [5, 5.41) is 0. The molecule has 15 heteroatoms. The molecule has 0 bridgehead atoms. The van der Waals surface area contributed by atoms with Crippen molar-refractivity contribution in [2.75, 3.05) is 0 Å². The molecule has 4 N–H and O–H groups in total. The Morgan fingerprint density at radius 1 is 0.486 bits per heavy atom. The van der Waals surface area contributed by atoms with Gasteiger partial charge in [0.05, 0.1) is 25.3 Å². The van der Waals surface area contributed by atoms with Crippen molar-refractivity contribution in [3.05, 3.63) is 87.2 Å². The number of aromatic nitrogens is 8. The van der Waals surface area contributed by atoms with Gasteiger partial charge >= 0.3 is 38.4 Å². The largest absolute Gasteiger partial charge is 0.693 e. The van der Waals surface area contributed by atoms with Gasteiger partial charge < -0.3 is 30.6 Å². The fourth-order valence-corrected chi connectivity index (χ4v) is 2.85. The summed E-state index contributed by atoms with van der Waals surface area (Å²) in [6, 6.07) is 0. The van der Waals surface area contributed by atoms with E-state index in [2.05, 4.69) is 38.2 Å². The van der Waals surface area contributed by atoms with Crippen LogP contribution in [0, 0.1) is 0 Å². The zero-order chi connectivity index (χ0) is 22.0. The molecule has 0 fully saturated rings. The van der Waals surface area contributed by atoms with E-state index in [0.717, 1.165) is 26.2 Å². The van der Waals surface area contributed by atoms with E-state index >= 15 is 0 Å². The Kier molecular flexibility index (Phi) is 30.7. The van der Waals surface area contributed by atoms with Gasteiger partial charge in [0.25, 0.3) is 0 Å². The molecule has 0 saturated heterocycles. The van der Waals surface area contributed by atoms with Crippen molar-refractivity contribution in [1.29, 1.82) is 0 Å². The second-order valence-corrected chi connectivity index (χ2v) is 12.7. The molecule has 0 saturated carbocycles. The van der Waals surface area contributed by atoms with Crippen LogP contribution < -0.4 is 0 Å². The summed E-state index contributed by atoms with van der Waals surface area (Å²) in [6.07, 6.45) is 27.4. The SMILES string of the molecule is [Cd].[Cd].[Cl][Cd][Cl].[NH2-].[NH2-].c1cn(CCCCn2ccnc2)cn1.c1cn(CCCCn2ccnc2)cn1. The summed E-state index contributed by atoms with van der Waals surface area (Å²) >= 11 is -1.07. The van der Waals surface area contributed by atoms with Gasteiger partial charge in [0.2, 0.25) is 0 Å². The fraction of sp³-hybridized carbons (Fsp3) is 0.400. The summed E-state index contributed by atoms with van der Waals surface area (Å²) in [5.41, 5.74) is 0. The van der Waals surface area contributed by atoms with E-state index in [1.54, 1.807) is 0 Å². The van der Waals surface area contributed by atoms with E-state index in [4.69, 9.17) is 16.6 Å². The number of nitrogens with two attached hydrogens (primary N) is 2. The van der Waals surface area contributed by atoms with Crippen LogP contribution in [0.2, 0.25) is 0 Å². The quantitative estimate of drug-likeness (QED) is 0.145. The second kappa shape index (κ2) is 27.1. The minimum atomic E-state index is -1.07. The van der Waals surface area contributed by atoms with E-state index in [0.29, 0.717) is 0 Å². The van der Waals surface area contributed by atoms with Gasteiger partial charge in [-0.1, -0.05) is 0 Å². The standard InChI is InChI=1S/2C10H14N4.3Cd.2ClH.2H2N/c2*1(5-13-7-3-11-9-13)2-6-14-8-4-12-10-14;;;;;;;/h2*3-4,7-10H,1-2,5-6H2;;;;2*1H;2*1H2/q;;;;+2;;;2*-1/p-2. The van der Waals surface area contributed by atoms with E-state index in [1.165, 1.54) is 25.7 Å². The molecular formula is C20H32Cd3Cl2N10-2. The van der Waals surface area contributed by atoms with Gasteiger partial charge in [-0.15, -0.1) is 0 Å². The van der Waals surface area contributed by atoms with Crippen LogP contribution >= 0.6 is 16.6 Å². The third-order valence-electron chi connectivity index (χ3n) is 4.40. The number of nitrogens with zero attached hydrogens (tertiary/aromatic N) is 8. The number of hydrogen-bond donors (Lipinski definition) is 0. The van der Waals surface area contributed by atoms with E-state index < -0.39 is 21.8 Å². The molecule has 0 radical (unpaired) electrons. The normalized spacial score (nSPS) is 8.74. The van der Waals surface area contributed by atoms with Crippen LogP contribution in [0.3, 0.4) is 0 Å². The molecule has 0 aliphatic carbocycles. The molecule has 0 aliphatic heterocycles. The maximum atomic E-state index is 4.97. The maximum absolute atomic E-state index is 4.97. The van der Waals surface area contributed by atoms with Gasteiger partial charge in [-0.05, 0) is 25.7 Å². The van der Waals surface area contributed by atoms with Crippen molar-refractivity contribution >= 4 is 16.6 Å². The van der Waals surface area contributed by atoms with Gasteiger partial charge in [-0.25, -0.2) is 19.9 Å². The van der Waals surface area contributed by atoms with Crippen LogP contribution in [0.4, 0.5) is 0 Å². The topological polar surface area (TPSA) is 138 Å². The molecule has 0 aliphatic rings. The van der Waals surface area contributed by atoms with Crippen molar-refractivity contribution < 1.29 is 76.4 Å². The van der Waals surface area contributed by atoms with Crippen molar-refractivity contribution in [3.63, 3.8) is 0 Å². The Morgan fingerprint density at radius 3 is 0.829 bits per heavy atom. The smallest absolute Gasteiger partial charge is 0.0945 e. The third kappa shape index (κ3) is 19.8. The van der Waals surface area contributed by atoms with Gasteiger partial charge in [-0.3, -0.25) is 0 Å². The van der Waals surface area contributed by atoms with Crippen molar-refractivity contribution in [3.8, 4) is 0 Å². The molecule has 0 aromatic carbocycles. The minimum absolute atomic E-state index is 0. The number of aryl methyl sites for hydroxylation is 4. The van der Waals surface area contributed by atoms with Crippen LogP contribution in [0.5, 0.6) is 0 Å². The number of unbranched alkanes of at least 4 members (excludes halogenated alkanes) is 2. The molecule has 184 valence electrons. The molecule has 4 rings (SSSR count). The van der Waals surface area contributed by atoms with Gasteiger partial charge in [0.1, 0.15) is 0 Å². The molecule has 4 aromatic heterocycles. The zero-order valence-electron chi connectivity index (χ0n) is 20.2. The van der Waals surface area contributed by atoms with Crippen LogP contribution in [0.15, 0.2) is 74.9 Å². The minimum Gasteiger partial charge on any atom is -0.693 e. The first-order valence-corrected chi connectivity index (χ1v) is 20.5. The van der Waals surface area contributed by atoms with Crippen LogP contribution in [-0.4, -0.2) is 38.2 Å². The van der Waals surface area contributed by atoms with Crippen LogP contribution in [0.1, 0.15) is 25.7 Å². The predicted octanol–water partition coefficient (Wildman–Crippen LogP) is 5.93. The molecule has 4 heterocycles. The first-order valence-electron chi connectivity index (χ1n) is 10.3. The average Bonchev–Trinajstić information content (AvgIpc) is 3.59. The van der Waals surface area contributed by atoms with Gasteiger partial charge in [0.15, 0.2) is 0 Å². The molecule has 0 atom stereocenters. The summed E-state index contributed by atoms with van der Waals surface area (Å²) in [6.45, 7) is 4.20. The van der Waals surface area contributed by atoms with Crippen molar-refractivity contribution in [1.82, 2.24) is 38.2 Å². The summed E-state index contributed by atoms with van der Waals surface area (Å²) < 4.78 is 8.42. The Bertz CT molecular complexity index is 716. The van der Waals surface area contributed by atoms with Gasteiger partial charge in [-0.2, -0.15) is 0 Å². The van der Waals surface area contributed by atoms with Crippen molar-refractivity contribution in [2.24, 2.45) is 0 Å². The Hall–Kier alpha value is 0.106. The summed E-state index contributed by atoms with van der Waals surface area (Å²) in [4.78, 5) is 16.0. The number of imidazole rings is 4. The molecule has 4 aromatic rings. The van der Waals surface area contributed by atoms with Crippen LogP contribution in [-0.2, 0) is 103 Å². The van der Waals surface area contributed by atoms with E-state index in [9.17, 15) is 0 Å². The maximum Gasteiger partial charge on any atom is 0.0945 e. The molecule has 0 amide bonds. The monoisotopic (exact) mass is 824 g/mol. The molecule has 10 nitrogen and oxygen atoms in total. The number of halogens is 2. The molecule has 35 heavy (non-hydrogen) atoms. The first-order chi connectivity index (χ1) is 15.3. The van der Waals surface area contributed by atoms with Crippen LogP contribution in [0.25, 0.3) is 12.3 Å². The third-order valence-corrected chi connectivity index (χ3v) is 4.40. The fourth-order valence-electron chi connectivity index (χ4n) is 2.85. The summed E-state index contributed by atoms with van der Waals surface area (Å²) in [7, 11) is 9.95. The molecular weight excluding hydrogens is 788 g/mol. The average molecular weight is 821 g/mol. The second-order valence-electron chi connectivity index (χ2n) is 6.72. The Labute approximate surface area is 267 Å². The summed E-state index contributed by atoms with van der Waals surface area (Å²) in [5.74, 6) is 0. The van der Waals surface area contributed by atoms with Crippen molar-refractivity contribution in [2.45, 2.75) is 51.9 Å². The molecule has 0 unspecified atom stereocenters. The van der Waals surface area contributed by atoms with E-state index in [1.807, 2.05) is 74.9 Å². The van der Waals surface area contributed by atoms with E-state index in [-0.39, 0.29) is 66.9 Å². The Balaban J connectivity index is -0.000000477. The number of hydrogen-bond acceptors (Lipinski definition) is 4. The van der Waals surface area contributed by atoms with Gasteiger partial charge in [0, 0.05) is 130 Å². The zero-order valence-corrected chi connectivity index (χ0v) is 33.8.